The number of ether oxygens (including phenoxy) is 1. The summed E-state index contributed by atoms with van der Waals surface area (Å²) in [7, 11) is 0. The minimum absolute atomic E-state index is 0.554. The summed E-state index contributed by atoms with van der Waals surface area (Å²) in [5.74, 6) is 1.51. The van der Waals surface area contributed by atoms with Gasteiger partial charge in [-0.1, -0.05) is 30.0 Å². The number of nitrogens with zero attached hydrogens (tertiary/aromatic N) is 4. The van der Waals surface area contributed by atoms with E-state index in [1.165, 1.54) is 0 Å². The van der Waals surface area contributed by atoms with Crippen molar-refractivity contribution in [3.63, 3.8) is 0 Å². The minimum Gasteiger partial charge on any atom is -0.493 e. The molecular formula is C17H14N4OS. The summed E-state index contributed by atoms with van der Waals surface area (Å²) < 4.78 is 7.61. The lowest BCUT2D eigenvalue weighted by molar-refractivity contribution is 0.344. The van der Waals surface area contributed by atoms with Gasteiger partial charge in [0.15, 0.2) is 5.16 Å². The zero-order valence-corrected chi connectivity index (χ0v) is 13.1. The fraction of sp³-hybridized carbons (Fsp3) is 0.118. The second kappa shape index (κ2) is 7.47. The van der Waals surface area contributed by atoms with Gasteiger partial charge in [-0.25, -0.2) is 0 Å². The van der Waals surface area contributed by atoms with Crippen molar-refractivity contribution in [1.82, 2.24) is 14.8 Å². The Morgan fingerprint density at radius 1 is 1.09 bits per heavy atom. The van der Waals surface area contributed by atoms with Crippen molar-refractivity contribution in [2.75, 3.05) is 12.4 Å². The zero-order chi connectivity index (χ0) is 15.9. The number of nitriles is 1. The highest BCUT2D eigenvalue weighted by molar-refractivity contribution is 7.99. The molecule has 3 aromatic rings. The van der Waals surface area contributed by atoms with Gasteiger partial charge in [-0.3, -0.25) is 4.57 Å². The summed E-state index contributed by atoms with van der Waals surface area (Å²) in [6.07, 6.45) is 1.71. The Bertz CT molecular complexity index is 793. The quantitative estimate of drug-likeness (QED) is 0.514. The van der Waals surface area contributed by atoms with Crippen molar-refractivity contribution >= 4 is 11.8 Å². The summed E-state index contributed by atoms with van der Waals surface area (Å²) in [5.41, 5.74) is 1.66. The first-order chi connectivity index (χ1) is 11.4. The van der Waals surface area contributed by atoms with Crippen LogP contribution in [-0.2, 0) is 0 Å². The molecule has 0 aliphatic rings. The first-order valence-corrected chi connectivity index (χ1v) is 8.06. The van der Waals surface area contributed by atoms with Gasteiger partial charge in [0.05, 0.1) is 18.2 Å². The Kier molecular flexibility index (Phi) is 4.92. The van der Waals surface area contributed by atoms with Crippen LogP contribution in [0.2, 0.25) is 0 Å². The number of hydrogen-bond donors (Lipinski definition) is 0. The van der Waals surface area contributed by atoms with Crippen LogP contribution in [0.1, 0.15) is 5.56 Å². The van der Waals surface area contributed by atoms with E-state index >= 15 is 0 Å². The molecule has 0 radical (unpaired) electrons. The van der Waals surface area contributed by atoms with Gasteiger partial charge in [-0.15, -0.1) is 10.2 Å². The third-order valence-corrected chi connectivity index (χ3v) is 4.02. The van der Waals surface area contributed by atoms with Crippen molar-refractivity contribution < 1.29 is 4.74 Å². The van der Waals surface area contributed by atoms with Crippen LogP contribution >= 0.6 is 11.8 Å². The molecule has 0 fully saturated rings. The van der Waals surface area contributed by atoms with Gasteiger partial charge < -0.3 is 4.74 Å². The molecule has 6 heteroatoms. The number of hydrogen-bond acceptors (Lipinski definition) is 5. The van der Waals surface area contributed by atoms with Gasteiger partial charge >= 0.3 is 0 Å². The van der Waals surface area contributed by atoms with Crippen LogP contribution < -0.4 is 4.74 Å². The molecule has 0 aliphatic carbocycles. The summed E-state index contributed by atoms with van der Waals surface area (Å²) in [5, 5.41) is 17.7. The van der Waals surface area contributed by atoms with Crippen LogP contribution in [0, 0.1) is 11.3 Å². The summed E-state index contributed by atoms with van der Waals surface area (Å²) in [6.45, 7) is 0.554. The highest BCUT2D eigenvalue weighted by Gasteiger charge is 2.06. The molecule has 1 aromatic heterocycles. The maximum absolute atomic E-state index is 8.76. The Morgan fingerprint density at radius 2 is 1.87 bits per heavy atom. The predicted octanol–water partition coefficient (Wildman–Crippen LogP) is 3.31. The van der Waals surface area contributed by atoms with Crippen molar-refractivity contribution in [3.05, 3.63) is 66.5 Å². The highest BCUT2D eigenvalue weighted by Crippen LogP contribution is 2.19. The van der Waals surface area contributed by atoms with E-state index in [2.05, 4.69) is 16.3 Å². The molecule has 0 amide bonds. The Balaban J connectivity index is 1.53. The normalized spacial score (nSPS) is 10.2. The summed E-state index contributed by atoms with van der Waals surface area (Å²) in [6, 6.07) is 19.2. The van der Waals surface area contributed by atoms with Gasteiger partial charge in [0, 0.05) is 11.4 Å². The molecule has 0 spiro atoms. The SMILES string of the molecule is N#Cc1ccc(OCCSc2nncn2-c2ccccc2)cc1. The van der Waals surface area contributed by atoms with Crippen LogP contribution in [0.25, 0.3) is 5.69 Å². The molecule has 114 valence electrons. The predicted molar refractivity (Wildman–Crippen MR) is 88.7 cm³/mol. The largest absolute Gasteiger partial charge is 0.493 e. The van der Waals surface area contributed by atoms with Crippen LogP contribution in [-0.4, -0.2) is 27.1 Å². The number of rotatable bonds is 6. The average Bonchev–Trinajstić information content (AvgIpc) is 3.08. The topological polar surface area (TPSA) is 63.7 Å². The van der Waals surface area contributed by atoms with Crippen LogP contribution in [0.4, 0.5) is 0 Å². The fourth-order valence-corrected chi connectivity index (χ4v) is 2.75. The van der Waals surface area contributed by atoms with Crippen molar-refractivity contribution in [3.8, 4) is 17.5 Å². The maximum Gasteiger partial charge on any atom is 0.195 e. The van der Waals surface area contributed by atoms with Crippen molar-refractivity contribution in [2.24, 2.45) is 0 Å². The lowest BCUT2D eigenvalue weighted by Gasteiger charge is -2.07. The molecule has 0 unspecified atom stereocenters. The standard InChI is InChI=1S/C17H14N4OS/c18-12-14-6-8-16(9-7-14)22-10-11-23-17-20-19-13-21(17)15-4-2-1-3-5-15/h1-9,13H,10-11H2. The molecule has 23 heavy (non-hydrogen) atoms. The smallest absolute Gasteiger partial charge is 0.195 e. The Hall–Kier alpha value is -2.78. The fourth-order valence-electron chi connectivity index (χ4n) is 2.01. The molecule has 0 N–H and O–H groups in total. The number of para-hydroxylation sites is 1. The molecule has 0 atom stereocenters. The second-order valence-corrected chi connectivity index (χ2v) is 5.71. The average molecular weight is 322 g/mol. The van der Waals surface area contributed by atoms with Gasteiger partial charge in [0.25, 0.3) is 0 Å². The molecule has 0 bridgehead atoms. The number of thioether (sulfide) groups is 1. The van der Waals surface area contributed by atoms with E-state index in [0.717, 1.165) is 22.3 Å². The van der Waals surface area contributed by atoms with Gasteiger partial charge in [-0.05, 0) is 36.4 Å². The van der Waals surface area contributed by atoms with E-state index in [9.17, 15) is 0 Å². The van der Waals surface area contributed by atoms with Crippen LogP contribution in [0.15, 0.2) is 66.1 Å². The minimum atomic E-state index is 0.554. The monoisotopic (exact) mass is 322 g/mol. The van der Waals surface area contributed by atoms with Crippen molar-refractivity contribution in [1.29, 1.82) is 5.26 Å². The van der Waals surface area contributed by atoms with E-state index in [4.69, 9.17) is 10.00 Å². The van der Waals surface area contributed by atoms with Crippen LogP contribution in [0.5, 0.6) is 5.75 Å². The molecule has 3 rings (SSSR count). The van der Waals surface area contributed by atoms with E-state index < -0.39 is 0 Å². The lowest BCUT2D eigenvalue weighted by atomic mass is 10.2. The third-order valence-electron chi connectivity index (χ3n) is 3.12. The first kappa shape index (κ1) is 15.1. The molecule has 0 saturated carbocycles. The Morgan fingerprint density at radius 3 is 2.61 bits per heavy atom. The maximum atomic E-state index is 8.76. The van der Waals surface area contributed by atoms with Gasteiger partial charge in [0.1, 0.15) is 12.1 Å². The van der Waals surface area contributed by atoms with E-state index in [-0.39, 0.29) is 0 Å². The van der Waals surface area contributed by atoms with E-state index in [1.54, 1.807) is 42.4 Å². The van der Waals surface area contributed by atoms with E-state index in [1.807, 2.05) is 34.9 Å². The number of aromatic nitrogens is 3. The molecule has 0 saturated heterocycles. The third kappa shape index (κ3) is 3.90. The molecule has 0 aliphatic heterocycles. The van der Waals surface area contributed by atoms with Crippen LogP contribution in [0.3, 0.4) is 0 Å². The van der Waals surface area contributed by atoms with Crippen molar-refractivity contribution in [2.45, 2.75) is 5.16 Å². The lowest BCUT2D eigenvalue weighted by Crippen LogP contribution is -2.02. The Labute approximate surface area is 138 Å². The van der Waals surface area contributed by atoms with E-state index in [0.29, 0.717) is 12.2 Å². The highest BCUT2D eigenvalue weighted by atomic mass is 32.2. The summed E-state index contributed by atoms with van der Waals surface area (Å²) in [4.78, 5) is 0. The first-order valence-electron chi connectivity index (χ1n) is 7.08. The second-order valence-electron chi connectivity index (χ2n) is 4.65. The molecule has 1 heterocycles. The number of benzene rings is 2. The van der Waals surface area contributed by atoms with Gasteiger partial charge in [0.2, 0.25) is 0 Å². The summed E-state index contributed by atoms with van der Waals surface area (Å²) >= 11 is 1.59. The molecule has 5 nitrogen and oxygen atoms in total. The van der Waals surface area contributed by atoms with Gasteiger partial charge in [-0.2, -0.15) is 5.26 Å². The zero-order valence-electron chi connectivity index (χ0n) is 12.3. The molecular weight excluding hydrogens is 308 g/mol. The molecule has 2 aromatic carbocycles.